The van der Waals surface area contributed by atoms with Gasteiger partial charge in [0.15, 0.2) is 0 Å². The van der Waals surface area contributed by atoms with Crippen LogP contribution >= 0.6 is 0 Å². The van der Waals surface area contributed by atoms with Gasteiger partial charge in [0.1, 0.15) is 5.60 Å². The second-order valence-corrected chi connectivity index (χ2v) is 12.5. The van der Waals surface area contributed by atoms with Crippen LogP contribution < -0.4 is 0 Å². The van der Waals surface area contributed by atoms with Gasteiger partial charge in [0.05, 0.1) is 5.76 Å². The summed E-state index contributed by atoms with van der Waals surface area (Å²) < 4.78 is 6.44. The maximum atomic E-state index is 10.9. The zero-order chi connectivity index (χ0) is 14.6. The number of hydrogen-bond acceptors (Lipinski definition) is 2. The second-order valence-electron chi connectivity index (χ2n) is 7.77. The van der Waals surface area contributed by atoms with E-state index < -0.39 is 13.9 Å². The second kappa shape index (κ2) is 4.22. The van der Waals surface area contributed by atoms with Gasteiger partial charge in [-0.3, -0.25) is 0 Å². The summed E-state index contributed by atoms with van der Waals surface area (Å²) in [6.07, 6.45) is 4.25. The van der Waals surface area contributed by atoms with E-state index in [1.807, 2.05) is 6.92 Å². The molecular formula is C16H28O2Si. The van der Waals surface area contributed by atoms with Crippen molar-refractivity contribution in [3.05, 3.63) is 24.0 Å². The highest BCUT2D eigenvalue weighted by molar-refractivity contribution is 6.74. The molecule has 3 atom stereocenters. The monoisotopic (exact) mass is 280 g/mol. The molecule has 3 unspecified atom stereocenters. The van der Waals surface area contributed by atoms with Gasteiger partial charge in [0.25, 0.3) is 0 Å². The van der Waals surface area contributed by atoms with E-state index in [1.54, 1.807) is 0 Å². The Morgan fingerprint density at radius 3 is 2.42 bits per heavy atom. The molecule has 0 aliphatic heterocycles. The van der Waals surface area contributed by atoms with Crippen LogP contribution in [0.3, 0.4) is 0 Å². The Hall–Kier alpha value is -0.543. The molecule has 0 aromatic carbocycles. The molecule has 0 spiro atoms. The van der Waals surface area contributed by atoms with Crippen molar-refractivity contribution < 1.29 is 9.53 Å². The van der Waals surface area contributed by atoms with Crippen molar-refractivity contribution in [2.45, 2.75) is 64.3 Å². The van der Waals surface area contributed by atoms with Gasteiger partial charge in [-0.15, -0.1) is 0 Å². The van der Waals surface area contributed by atoms with E-state index in [0.717, 1.165) is 24.2 Å². The highest BCUT2D eigenvalue weighted by Crippen LogP contribution is 2.55. The van der Waals surface area contributed by atoms with Crippen LogP contribution in [0.5, 0.6) is 0 Å². The van der Waals surface area contributed by atoms with Gasteiger partial charge in [0.2, 0.25) is 8.32 Å². The molecule has 0 heterocycles. The molecule has 108 valence electrons. The van der Waals surface area contributed by atoms with E-state index in [-0.39, 0.29) is 16.9 Å². The predicted molar refractivity (Wildman–Crippen MR) is 82.3 cm³/mol. The minimum atomic E-state index is -1.81. The molecule has 0 radical (unpaired) electrons. The standard InChI is InChI=1S/C16H28O2Si/c1-11(2)16(17)12-8-9-13(16)14(10-12)18-19(6,7)15(3,4)5/h10,12-13,17H,1,8-9H2,2-7H3. The van der Waals surface area contributed by atoms with Gasteiger partial charge in [-0.2, -0.15) is 0 Å². The van der Waals surface area contributed by atoms with Crippen molar-refractivity contribution in [3.63, 3.8) is 0 Å². The van der Waals surface area contributed by atoms with Crippen LogP contribution in [0.2, 0.25) is 18.1 Å². The van der Waals surface area contributed by atoms with Crippen LogP contribution in [-0.4, -0.2) is 19.0 Å². The van der Waals surface area contributed by atoms with Gasteiger partial charge in [-0.25, -0.2) is 0 Å². The fourth-order valence-corrected chi connectivity index (χ4v) is 4.20. The Bertz CT molecular complexity index is 431. The smallest absolute Gasteiger partial charge is 0.250 e. The van der Waals surface area contributed by atoms with Crippen LogP contribution in [0.25, 0.3) is 0 Å². The van der Waals surface area contributed by atoms with Gasteiger partial charge in [-0.1, -0.05) is 27.4 Å². The lowest BCUT2D eigenvalue weighted by Gasteiger charge is -2.39. The third kappa shape index (κ3) is 2.11. The molecule has 3 heteroatoms. The van der Waals surface area contributed by atoms with Crippen molar-refractivity contribution in [1.29, 1.82) is 0 Å². The summed E-state index contributed by atoms with van der Waals surface area (Å²) in [5.41, 5.74) is 0.127. The molecule has 0 aromatic heterocycles. The van der Waals surface area contributed by atoms with E-state index in [0.29, 0.717) is 0 Å². The molecule has 2 aliphatic rings. The minimum Gasteiger partial charge on any atom is -0.546 e. The molecule has 0 aromatic rings. The molecular weight excluding hydrogens is 252 g/mol. The highest BCUT2D eigenvalue weighted by Gasteiger charge is 2.56. The number of hydrogen-bond donors (Lipinski definition) is 1. The van der Waals surface area contributed by atoms with Crippen LogP contribution in [0.1, 0.15) is 40.5 Å². The van der Waals surface area contributed by atoms with Gasteiger partial charge in [-0.05, 0) is 49.5 Å². The summed E-state index contributed by atoms with van der Waals surface area (Å²) >= 11 is 0. The zero-order valence-electron chi connectivity index (χ0n) is 13.2. The topological polar surface area (TPSA) is 29.5 Å². The fraction of sp³-hybridized carbons (Fsp3) is 0.750. The summed E-state index contributed by atoms with van der Waals surface area (Å²) in [6, 6.07) is 0. The zero-order valence-corrected chi connectivity index (χ0v) is 14.2. The Labute approximate surface area is 118 Å². The van der Waals surface area contributed by atoms with E-state index in [1.165, 1.54) is 0 Å². The first-order valence-electron chi connectivity index (χ1n) is 7.29. The van der Waals surface area contributed by atoms with Crippen LogP contribution in [-0.2, 0) is 4.43 Å². The maximum absolute atomic E-state index is 10.9. The number of aliphatic hydroxyl groups is 1. The van der Waals surface area contributed by atoms with Crippen molar-refractivity contribution in [3.8, 4) is 0 Å². The first-order valence-corrected chi connectivity index (χ1v) is 10.2. The predicted octanol–water partition coefficient (Wildman–Crippen LogP) is 4.24. The Kier molecular flexibility index (Phi) is 3.30. The fourth-order valence-electron chi connectivity index (χ4n) is 3.10. The average Bonchev–Trinajstić information content (AvgIpc) is 2.68. The summed E-state index contributed by atoms with van der Waals surface area (Å²) in [6.45, 7) is 17.2. The number of rotatable bonds is 3. The molecule has 2 nitrogen and oxygen atoms in total. The van der Waals surface area contributed by atoms with Crippen molar-refractivity contribution >= 4 is 8.32 Å². The quantitative estimate of drug-likeness (QED) is 0.619. The van der Waals surface area contributed by atoms with Gasteiger partial charge < -0.3 is 9.53 Å². The van der Waals surface area contributed by atoms with Gasteiger partial charge in [0, 0.05) is 11.8 Å². The van der Waals surface area contributed by atoms with Crippen molar-refractivity contribution in [2.24, 2.45) is 11.8 Å². The Balaban J connectivity index is 2.23. The first-order chi connectivity index (χ1) is 8.50. The van der Waals surface area contributed by atoms with Crippen LogP contribution in [0, 0.1) is 11.8 Å². The third-order valence-corrected chi connectivity index (χ3v) is 9.79. The maximum Gasteiger partial charge on any atom is 0.250 e. The van der Waals surface area contributed by atoms with Crippen LogP contribution in [0.4, 0.5) is 0 Å². The minimum absolute atomic E-state index is 0.129. The summed E-state index contributed by atoms with van der Waals surface area (Å²) in [5, 5.41) is 11.1. The lowest BCUT2D eigenvalue weighted by molar-refractivity contribution is 0.0310. The van der Waals surface area contributed by atoms with E-state index >= 15 is 0 Å². The molecule has 1 saturated carbocycles. The molecule has 1 N–H and O–H groups in total. The van der Waals surface area contributed by atoms with E-state index in [9.17, 15) is 5.11 Å². The average molecular weight is 280 g/mol. The molecule has 2 rings (SSSR count). The molecule has 0 saturated heterocycles. The SMILES string of the molecule is C=C(C)C1(O)C2C=C(O[Si](C)(C)C(C)(C)C)C1CC2. The lowest BCUT2D eigenvalue weighted by Crippen LogP contribution is -2.43. The molecule has 2 bridgehead atoms. The van der Waals surface area contributed by atoms with E-state index in [2.05, 4.69) is 46.5 Å². The molecule has 1 fully saturated rings. The third-order valence-electron chi connectivity index (χ3n) is 5.43. The Morgan fingerprint density at radius 2 is 2.00 bits per heavy atom. The molecule has 2 aliphatic carbocycles. The molecule has 0 amide bonds. The van der Waals surface area contributed by atoms with Crippen molar-refractivity contribution in [2.75, 3.05) is 0 Å². The lowest BCUT2D eigenvalue weighted by atomic mass is 9.84. The van der Waals surface area contributed by atoms with Crippen LogP contribution in [0.15, 0.2) is 24.0 Å². The largest absolute Gasteiger partial charge is 0.546 e. The summed E-state index contributed by atoms with van der Waals surface area (Å²) in [5.74, 6) is 1.37. The summed E-state index contributed by atoms with van der Waals surface area (Å²) in [4.78, 5) is 0. The molecule has 19 heavy (non-hydrogen) atoms. The van der Waals surface area contributed by atoms with Crippen molar-refractivity contribution in [1.82, 2.24) is 0 Å². The normalized spacial score (nSPS) is 34.4. The Morgan fingerprint density at radius 1 is 1.42 bits per heavy atom. The van der Waals surface area contributed by atoms with E-state index in [4.69, 9.17) is 4.43 Å². The van der Waals surface area contributed by atoms with Gasteiger partial charge >= 0.3 is 0 Å². The first kappa shape index (κ1) is 14.9. The number of fused-ring (bicyclic) bond motifs is 2. The highest BCUT2D eigenvalue weighted by atomic mass is 28.4. The summed E-state index contributed by atoms with van der Waals surface area (Å²) in [7, 11) is -1.81.